The van der Waals surface area contributed by atoms with Crippen molar-refractivity contribution < 1.29 is 24.6 Å². The van der Waals surface area contributed by atoms with Crippen LogP contribution in [0.25, 0.3) is 0 Å². The van der Waals surface area contributed by atoms with E-state index >= 15 is 0 Å². The Hall–Kier alpha value is -4.39. The summed E-state index contributed by atoms with van der Waals surface area (Å²) in [6.07, 6.45) is 1.80. The Balaban J connectivity index is 1.67. The molecule has 0 aromatic heterocycles. The Morgan fingerprint density at radius 3 is 1.87 bits per heavy atom. The third-order valence-corrected chi connectivity index (χ3v) is 5.00. The number of nitrogens with zero attached hydrogens (tertiary/aromatic N) is 1. The topological polar surface area (TPSA) is 107 Å². The first-order valence-electron chi connectivity index (χ1n) is 9.48. The maximum atomic E-state index is 13.3. The van der Waals surface area contributed by atoms with Gasteiger partial charge in [0.05, 0.1) is 17.2 Å². The van der Waals surface area contributed by atoms with Crippen LogP contribution in [0.15, 0.2) is 90.6 Å². The lowest BCUT2D eigenvalue weighted by atomic mass is 10.1. The van der Waals surface area contributed by atoms with Crippen molar-refractivity contribution in [2.24, 2.45) is 0 Å². The van der Waals surface area contributed by atoms with Gasteiger partial charge in [0.15, 0.2) is 0 Å². The van der Waals surface area contributed by atoms with Crippen LogP contribution in [0.5, 0.6) is 0 Å². The Morgan fingerprint density at radius 2 is 1.32 bits per heavy atom. The molecule has 154 valence electrons. The molecule has 3 aromatic rings. The molecular formula is C24H18N2O5. The second-order valence-corrected chi connectivity index (χ2v) is 6.97. The van der Waals surface area contributed by atoms with E-state index in [1.807, 2.05) is 30.3 Å². The predicted molar refractivity (Wildman–Crippen MR) is 115 cm³/mol. The minimum absolute atomic E-state index is 0.136. The summed E-state index contributed by atoms with van der Waals surface area (Å²) in [4.78, 5) is 37.1. The van der Waals surface area contributed by atoms with E-state index in [9.17, 15) is 14.4 Å². The van der Waals surface area contributed by atoms with Gasteiger partial charge in [0, 0.05) is 11.4 Å². The van der Waals surface area contributed by atoms with Crippen LogP contribution in [-0.2, 0) is 4.79 Å². The molecule has 0 bridgehead atoms. The maximum absolute atomic E-state index is 13.3. The summed E-state index contributed by atoms with van der Waals surface area (Å²) in [6.45, 7) is 0. The summed E-state index contributed by atoms with van der Waals surface area (Å²) in [7, 11) is 0. The third-order valence-electron chi connectivity index (χ3n) is 5.00. The first kappa shape index (κ1) is 19.9. The van der Waals surface area contributed by atoms with E-state index in [0.717, 1.165) is 5.56 Å². The van der Waals surface area contributed by atoms with Gasteiger partial charge in [-0.2, -0.15) is 0 Å². The highest BCUT2D eigenvalue weighted by Crippen LogP contribution is 2.36. The Morgan fingerprint density at radius 1 is 0.774 bits per heavy atom. The summed E-state index contributed by atoms with van der Waals surface area (Å²) in [5.41, 5.74) is 2.68. The standard InChI is InChI=1S/C24H18N2O5/c27-22-20(25-18-10-6-16(7-11-18)23(28)29)14-21(15-4-2-1-3-5-15)26(22)19-12-8-17(9-13-19)24(30)31/h1-14,21,25H,(H,28,29)(H,30,31)/t21-/m0/s1. The fourth-order valence-electron chi connectivity index (χ4n) is 3.44. The molecule has 1 atom stereocenters. The number of carboxylic acids is 2. The minimum Gasteiger partial charge on any atom is -0.478 e. The first-order chi connectivity index (χ1) is 14.9. The van der Waals surface area contributed by atoms with Crippen LogP contribution >= 0.6 is 0 Å². The van der Waals surface area contributed by atoms with Gasteiger partial charge in [-0.25, -0.2) is 9.59 Å². The average molecular weight is 414 g/mol. The lowest BCUT2D eigenvalue weighted by molar-refractivity contribution is -0.114. The average Bonchev–Trinajstić information content (AvgIpc) is 3.10. The van der Waals surface area contributed by atoms with Gasteiger partial charge in [-0.1, -0.05) is 30.3 Å². The van der Waals surface area contributed by atoms with Crippen molar-refractivity contribution in [3.63, 3.8) is 0 Å². The molecule has 0 saturated carbocycles. The molecule has 7 heteroatoms. The molecule has 31 heavy (non-hydrogen) atoms. The van der Waals surface area contributed by atoms with Crippen LogP contribution < -0.4 is 10.2 Å². The summed E-state index contributed by atoms with van der Waals surface area (Å²) >= 11 is 0. The highest BCUT2D eigenvalue weighted by molar-refractivity contribution is 6.11. The molecule has 0 aliphatic carbocycles. The van der Waals surface area contributed by atoms with E-state index in [0.29, 0.717) is 17.1 Å². The number of hydrogen-bond acceptors (Lipinski definition) is 4. The maximum Gasteiger partial charge on any atom is 0.335 e. The van der Waals surface area contributed by atoms with Gasteiger partial charge in [0.1, 0.15) is 5.70 Å². The van der Waals surface area contributed by atoms with Crippen LogP contribution in [0.1, 0.15) is 32.3 Å². The van der Waals surface area contributed by atoms with E-state index in [1.54, 1.807) is 35.2 Å². The molecule has 1 aliphatic heterocycles. The van der Waals surface area contributed by atoms with E-state index < -0.39 is 11.9 Å². The van der Waals surface area contributed by atoms with Crippen molar-refractivity contribution in [3.8, 4) is 0 Å². The fourth-order valence-corrected chi connectivity index (χ4v) is 3.44. The van der Waals surface area contributed by atoms with Gasteiger partial charge in [-0.05, 0) is 60.2 Å². The Labute approximate surface area is 177 Å². The van der Waals surface area contributed by atoms with Crippen LogP contribution in [-0.4, -0.2) is 28.1 Å². The quantitative estimate of drug-likeness (QED) is 0.559. The molecule has 1 amide bonds. The number of aromatic carboxylic acids is 2. The highest BCUT2D eigenvalue weighted by Gasteiger charge is 2.34. The Bertz CT molecular complexity index is 1170. The first-order valence-corrected chi connectivity index (χ1v) is 9.48. The van der Waals surface area contributed by atoms with E-state index in [1.165, 1.54) is 24.3 Å². The molecule has 0 unspecified atom stereocenters. The molecule has 0 fully saturated rings. The van der Waals surface area contributed by atoms with Crippen LogP contribution in [0, 0.1) is 0 Å². The summed E-state index contributed by atoms with van der Waals surface area (Å²) < 4.78 is 0. The van der Waals surface area contributed by atoms with Crippen molar-refractivity contribution in [1.29, 1.82) is 0 Å². The number of benzene rings is 3. The zero-order valence-corrected chi connectivity index (χ0v) is 16.2. The number of anilines is 2. The minimum atomic E-state index is -1.04. The second kappa shape index (κ2) is 8.16. The summed E-state index contributed by atoms with van der Waals surface area (Å²) in [5.74, 6) is -2.34. The van der Waals surface area contributed by atoms with Gasteiger partial charge in [-0.3, -0.25) is 9.69 Å². The second-order valence-electron chi connectivity index (χ2n) is 6.97. The Kier molecular flexibility index (Phi) is 5.24. The smallest absolute Gasteiger partial charge is 0.335 e. The fraction of sp³-hybridized carbons (Fsp3) is 0.0417. The number of carbonyl (C=O) groups excluding carboxylic acids is 1. The van der Waals surface area contributed by atoms with Gasteiger partial charge in [-0.15, -0.1) is 0 Å². The lowest BCUT2D eigenvalue weighted by Crippen LogP contribution is -2.30. The molecule has 0 saturated heterocycles. The third kappa shape index (κ3) is 4.02. The zero-order chi connectivity index (χ0) is 22.0. The van der Waals surface area contributed by atoms with Crippen LogP contribution in [0.4, 0.5) is 11.4 Å². The molecule has 0 spiro atoms. The predicted octanol–water partition coefficient (Wildman–Crippen LogP) is 4.17. The van der Waals surface area contributed by atoms with Crippen LogP contribution in [0.2, 0.25) is 0 Å². The van der Waals surface area contributed by atoms with Gasteiger partial charge < -0.3 is 15.5 Å². The lowest BCUT2D eigenvalue weighted by Gasteiger charge is -2.25. The van der Waals surface area contributed by atoms with Crippen molar-refractivity contribution in [2.75, 3.05) is 10.2 Å². The highest BCUT2D eigenvalue weighted by atomic mass is 16.4. The summed E-state index contributed by atoms with van der Waals surface area (Å²) in [6, 6.07) is 21.4. The van der Waals surface area contributed by atoms with E-state index in [2.05, 4.69) is 5.32 Å². The monoisotopic (exact) mass is 414 g/mol. The molecule has 3 N–H and O–H groups in total. The number of carboxylic acid groups (broad SMARTS) is 2. The zero-order valence-electron chi connectivity index (χ0n) is 16.2. The molecular weight excluding hydrogens is 396 g/mol. The molecule has 4 rings (SSSR count). The van der Waals surface area contributed by atoms with Crippen LogP contribution in [0.3, 0.4) is 0 Å². The van der Waals surface area contributed by atoms with Gasteiger partial charge in [0.25, 0.3) is 5.91 Å². The number of amides is 1. The normalized spacial score (nSPS) is 15.5. The molecule has 1 heterocycles. The summed E-state index contributed by atoms with van der Waals surface area (Å²) in [5, 5.41) is 21.3. The SMILES string of the molecule is O=C(O)c1ccc(NC2=C[C@@H](c3ccccc3)N(c3ccc(C(=O)O)cc3)C2=O)cc1. The van der Waals surface area contributed by atoms with Gasteiger partial charge >= 0.3 is 11.9 Å². The van der Waals surface area contributed by atoms with E-state index in [4.69, 9.17) is 10.2 Å². The van der Waals surface area contributed by atoms with Crippen molar-refractivity contribution in [2.45, 2.75) is 6.04 Å². The number of carbonyl (C=O) groups is 3. The number of hydrogen-bond donors (Lipinski definition) is 3. The largest absolute Gasteiger partial charge is 0.478 e. The van der Waals surface area contributed by atoms with Gasteiger partial charge in [0.2, 0.25) is 0 Å². The molecule has 0 radical (unpaired) electrons. The molecule has 3 aromatic carbocycles. The van der Waals surface area contributed by atoms with Crippen molar-refractivity contribution in [1.82, 2.24) is 0 Å². The molecule has 7 nitrogen and oxygen atoms in total. The van der Waals surface area contributed by atoms with E-state index in [-0.39, 0.29) is 23.1 Å². The van der Waals surface area contributed by atoms with Crippen molar-refractivity contribution in [3.05, 3.63) is 107 Å². The molecule has 1 aliphatic rings. The number of rotatable bonds is 6. The van der Waals surface area contributed by atoms with Crippen molar-refractivity contribution >= 4 is 29.2 Å². The number of nitrogens with one attached hydrogen (secondary N) is 1.